The van der Waals surface area contributed by atoms with Crippen molar-refractivity contribution in [3.8, 4) is 5.75 Å². The fourth-order valence-electron chi connectivity index (χ4n) is 2.14. The first kappa shape index (κ1) is 18.8. The molecule has 9 heteroatoms. The summed E-state index contributed by atoms with van der Waals surface area (Å²) in [5.74, 6) is -1.55. The Bertz CT molecular complexity index is 909. The minimum atomic E-state index is -0.798. The zero-order chi connectivity index (χ0) is 18.7. The highest BCUT2D eigenvalue weighted by molar-refractivity contribution is 6.42. The molecule has 1 heterocycles. The highest BCUT2D eigenvalue weighted by Gasteiger charge is 2.17. The molecule has 2 aromatic rings. The van der Waals surface area contributed by atoms with E-state index in [1.54, 1.807) is 18.2 Å². The van der Waals surface area contributed by atoms with Crippen LogP contribution in [0, 0.1) is 6.92 Å². The van der Waals surface area contributed by atoms with Crippen LogP contribution in [0.5, 0.6) is 5.75 Å². The van der Waals surface area contributed by atoms with Gasteiger partial charge in [0.25, 0.3) is 11.5 Å². The molecule has 1 amide bonds. The molecular weight excluding hydrogens is 369 g/mol. The number of carbonyl (C=O) groups excluding carboxylic acids is 2. The van der Waals surface area contributed by atoms with Crippen molar-refractivity contribution in [2.24, 2.45) is 0 Å². The third-order valence-corrected chi connectivity index (χ3v) is 4.07. The molecular formula is C16H15Cl2N3O4. The number of pyridine rings is 1. The molecule has 0 bridgehead atoms. The SMILES string of the molecule is CC(=O)c1c(O)cc(C)n(NC(=O)CNc2ccc(Cl)c(Cl)c2)c1=O. The molecule has 0 spiro atoms. The summed E-state index contributed by atoms with van der Waals surface area (Å²) in [4.78, 5) is 35.8. The number of amides is 1. The first-order valence-electron chi connectivity index (χ1n) is 7.16. The summed E-state index contributed by atoms with van der Waals surface area (Å²) in [6.45, 7) is 2.52. The molecule has 0 aliphatic heterocycles. The van der Waals surface area contributed by atoms with Crippen LogP contribution in [0.2, 0.25) is 10.0 Å². The second kappa shape index (κ2) is 7.58. The molecule has 0 atom stereocenters. The summed E-state index contributed by atoms with van der Waals surface area (Å²) in [7, 11) is 0. The van der Waals surface area contributed by atoms with Crippen molar-refractivity contribution in [3.63, 3.8) is 0 Å². The van der Waals surface area contributed by atoms with E-state index in [1.807, 2.05) is 0 Å². The predicted molar refractivity (Wildman–Crippen MR) is 96.4 cm³/mol. The Morgan fingerprint density at radius 2 is 1.88 bits per heavy atom. The molecule has 132 valence electrons. The van der Waals surface area contributed by atoms with Gasteiger partial charge in [-0.3, -0.25) is 19.8 Å². The van der Waals surface area contributed by atoms with Crippen molar-refractivity contribution in [1.82, 2.24) is 4.68 Å². The molecule has 0 unspecified atom stereocenters. The molecule has 25 heavy (non-hydrogen) atoms. The average molecular weight is 384 g/mol. The number of hydrogen-bond acceptors (Lipinski definition) is 5. The van der Waals surface area contributed by atoms with Gasteiger partial charge in [-0.05, 0) is 32.0 Å². The van der Waals surface area contributed by atoms with Gasteiger partial charge in [0.1, 0.15) is 11.3 Å². The largest absolute Gasteiger partial charge is 0.507 e. The predicted octanol–water partition coefficient (Wildman–Crippen LogP) is 2.55. The highest BCUT2D eigenvalue weighted by Crippen LogP contribution is 2.24. The zero-order valence-electron chi connectivity index (χ0n) is 13.4. The lowest BCUT2D eigenvalue weighted by molar-refractivity contribution is -0.115. The van der Waals surface area contributed by atoms with E-state index >= 15 is 0 Å². The van der Waals surface area contributed by atoms with E-state index in [0.717, 1.165) is 11.6 Å². The van der Waals surface area contributed by atoms with E-state index in [-0.39, 0.29) is 17.8 Å². The van der Waals surface area contributed by atoms with Crippen LogP contribution in [0.3, 0.4) is 0 Å². The van der Waals surface area contributed by atoms with E-state index in [1.165, 1.54) is 13.0 Å². The Morgan fingerprint density at radius 1 is 1.20 bits per heavy atom. The number of benzene rings is 1. The van der Waals surface area contributed by atoms with Crippen molar-refractivity contribution in [1.29, 1.82) is 0 Å². The number of Topliss-reactive ketones (excluding diaryl/α,β-unsaturated/α-hetero) is 1. The van der Waals surface area contributed by atoms with Gasteiger partial charge in [-0.1, -0.05) is 23.2 Å². The van der Waals surface area contributed by atoms with Gasteiger partial charge in [0, 0.05) is 17.4 Å². The monoisotopic (exact) mass is 383 g/mol. The van der Waals surface area contributed by atoms with Gasteiger partial charge in [-0.25, -0.2) is 4.68 Å². The van der Waals surface area contributed by atoms with Crippen LogP contribution >= 0.6 is 23.2 Å². The Hall–Kier alpha value is -2.51. The van der Waals surface area contributed by atoms with Gasteiger partial charge >= 0.3 is 0 Å². The van der Waals surface area contributed by atoms with Crippen molar-refractivity contribution in [3.05, 3.63) is 55.9 Å². The second-order valence-electron chi connectivity index (χ2n) is 5.26. The maximum Gasteiger partial charge on any atom is 0.284 e. The van der Waals surface area contributed by atoms with Gasteiger partial charge in [-0.15, -0.1) is 0 Å². The Labute approximate surface area is 153 Å². The summed E-state index contributed by atoms with van der Waals surface area (Å²) in [5, 5.41) is 13.3. The van der Waals surface area contributed by atoms with Crippen molar-refractivity contribution in [2.75, 3.05) is 17.3 Å². The molecule has 0 radical (unpaired) electrons. The van der Waals surface area contributed by atoms with Crippen molar-refractivity contribution in [2.45, 2.75) is 13.8 Å². The first-order chi connectivity index (χ1) is 11.7. The third kappa shape index (κ3) is 4.32. The standard InChI is InChI=1S/C16H15Cl2N3O4/c1-8-5-13(23)15(9(2)22)16(25)21(8)20-14(24)7-19-10-3-4-11(17)12(18)6-10/h3-6,19,23H,7H2,1-2H3,(H,20,24). The summed E-state index contributed by atoms with van der Waals surface area (Å²) in [6.07, 6.45) is 0. The van der Waals surface area contributed by atoms with Crippen molar-refractivity contribution >= 4 is 40.6 Å². The molecule has 0 aliphatic rings. The van der Waals surface area contributed by atoms with E-state index in [0.29, 0.717) is 15.7 Å². The number of halogens is 2. The van der Waals surface area contributed by atoms with Crippen LogP contribution < -0.4 is 16.3 Å². The molecule has 2 rings (SSSR count). The Balaban J connectivity index is 2.15. The Morgan fingerprint density at radius 3 is 2.48 bits per heavy atom. The zero-order valence-corrected chi connectivity index (χ0v) is 14.9. The average Bonchev–Trinajstić information content (AvgIpc) is 2.52. The fraction of sp³-hybridized carbons (Fsp3) is 0.188. The van der Waals surface area contributed by atoms with Crippen LogP contribution in [-0.2, 0) is 4.79 Å². The maximum atomic E-state index is 12.3. The second-order valence-corrected chi connectivity index (χ2v) is 6.07. The molecule has 7 nitrogen and oxygen atoms in total. The van der Waals surface area contributed by atoms with E-state index in [9.17, 15) is 19.5 Å². The van der Waals surface area contributed by atoms with Gasteiger partial charge in [0.2, 0.25) is 0 Å². The number of nitrogens with one attached hydrogen (secondary N) is 2. The minimum absolute atomic E-state index is 0.153. The van der Waals surface area contributed by atoms with E-state index in [4.69, 9.17) is 23.2 Å². The number of aryl methyl sites for hydroxylation is 1. The maximum absolute atomic E-state index is 12.3. The molecule has 3 N–H and O–H groups in total. The quantitative estimate of drug-likeness (QED) is 0.688. The van der Waals surface area contributed by atoms with Crippen molar-refractivity contribution < 1.29 is 14.7 Å². The number of aromatic nitrogens is 1. The number of ketones is 1. The number of aromatic hydroxyl groups is 1. The first-order valence-corrected chi connectivity index (χ1v) is 7.91. The van der Waals surface area contributed by atoms with Gasteiger partial charge in [0.05, 0.1) is 16.6 Å². The molecule has 0 saturated heterocycles. The van der Waals surface area contributed by atoms with E-state index in [2.05, 4.69) is 10.7 Å². The highest BCUT2D eigenvalue weighted by atomic mass is 35.5. The smallest absolute Gasteiger partial charge is 0.284 e. The van der Waals surface area contributed by atoms with Crippen LogP contribution in [-0.4, -0.2) is 28.0 Å². The lowest BCUT2D eigenvalue weighted by Crippen LogP contribution is -2.39. The van der Waals surface area contributed by atoms with Crippen LogP contribution in [0.15, 0.2) is 29.1 Å². The minimum Gasteiger partial charge on any atom is -0.507 e. The molecule has 0 fully saturated rings. The van der Waals surface area contributed by atoms with Crippen LogP contribution in [0.1, 0.15) is 23.0 Å². The molecule has 1 aromatic heterocycles. The van der Waals surface area contributed by atoms with Gasteiger partial charge in [0.15, 0.2) is 5.78 Å². The number of hydrogen-bond donors (Lipinski definition) is 3. The third-order valence-electron chi connectivity index (χ3n) is 3.33. The van der Waals surface area contributed by atoms with Crippen LogP contribution in [0.25, 0.3) is 0 Å². The number of nitrogens with zero attached hydrogens (tertiary/aromatic N) is 1. The Kier molecular flexibility index (Phi) is 5.71. The summed E-state index contributed by atoms with van der Waals surface area (Å²) in [6, 6.07) is 6.01. The van der Waals surface area contributed by atoms with Crippen LogP contribution in [0.4, 0.5) is 5.69 Å². The summed E-state index contributed by atoms with van der Waals surface area (Å²) >= 11 is 11.7. The molecule has 0 saturated carbocycles. The molecule has 1 aromatic carbocycles. The normalized spacial score (nSPS) is 10.4. The lowest BCUT2D eigenvalue weighted by atomic mass is 10.1. The number of carbonyl (C=O) groups is 2. The van der Waals surface area contributed by atoms with Gasteiger partial charge in [-0.2, -0.15) is 0 Å². The lowest BCUT2D eigenvalue weighted by Gasteiger charge is -2.14. The molecule has 0 aliphatic carbocycles. The number of anilines is 1. The van der Waals surface area contributed by atoms with E-state index < -0.39 is 23.0 Å². The van der Waals surface area contributed by atoms with Gasteiger partial charge < -0.3 is 10.4 Å². The summed E-state index contributed by atoms with van der Waals surface area (Å²) in [5.41, 5.74) is 2.04. The topological polar surface area (TPSA) is 100 Å². The number of rotatable bonds is 5. The summed E-state index contributed by atoms with van der Waals surface area (Å²) < 4.78 is 0.912. The fourth-order valence-corrected chi connectivity index (χ4v) is 2.44.